The lowest BCUT2D eigenvalue weighted by Gasteiger charge is -2.15. The zero-order chi connectivity index (χ0) is 17.1. The lowest BCUT2D eigenvalue weighted by molar-refractivity contribution is 0.0696. The van der Waals surface area contributed by atoms with Crippen LogP contribution in [0.15, 0.2) is 24.3 Å². The SMILES string of the molecule is Cc1cc(C(=O)Nc2cc(C(=O)O)ccc2OC(C)C)c(C)s1. The molecule has 23 heavy (non-hydrogen) atoms. The molecule has 1 aromatic carbocycles. The van der Waals surface area contributed by atoms with Crippen molar-refractivity contribution in [2.24, 2.45) is 0 Å². The van der Waals surface area contributed by atoms with E-state index in [-0.39, 0.29) is 17.6 Å². The second-order valence-electron chi connectivity index (χ2n) is 5.46. The Kier molecular flexibility index (Phi) is 5.05. The van der Waals surface area contributed by atoms with Crippen LogP contribution in [0.2, 0.25) is 0 Å². The Balaban J connectivity index is 2.35. The Morgan fingerprint density at radius 2 is 1.91 bits per heavy atom. The maximum absolute atomic E-state index is 12.5. The van der Waals surface area contributed by atoms with Crippen LogP contribution in [0.1, 0.15) is 44.3 Å². The minimum atomic E-state index is -1.06. The number of nitrogens with one attached hydrogen (secondary N) is 1. The van der Waals surface area contributed by atoms with Gasteiger partial charge in [-0.15, -0.1) is 11.3 Å². The summed E-state index contributed by atoms with van der Waals surface area (Å²) in [5, 5.41) is 11.9. The number of ether oxygens (including phenoxy) is 1. The van der Waals surface area contributed by atoms with E-state index in [0.29, 0.717) is 17.0 Å². The molecule has 0 fully saturated rings. The first-order valence-corrected chi connectivity index (χ1v) is 8.02. The van der Waals surface area contributed by atoms with Gasteiger partial charge in [0.05, 0.1) is 22.9 Å². The molecular formula is C17H19NO4S. The maximum atomic E-state index is 12.5. The van der Waals surface area contributed by atoms with E-state index >= 15 is 0 Å². The monoisotopic (exact) mass is 333 g/mol. The van der Waals surface area contributed by atoms with Crippen molar-refractivity contribution in [3.8, 4) is 5.75 Å². The minimum Gasteiger partial charge on any atom is -0.489 e. The molecule has 2 N–H and O–H groups in total. The Bertz CT molecular complexity index is 749. The highest BCUT2D eigenvalue weighted by atomic mass is 32.1. The van der Waals surface area contributed by atoms with Crippen LogP contribution in [-0.4, -0.2) is 23.1 Å². The van der Waals surface area contributed by atoms with Gasteiger partial charge in [0, 0.05) is 9.75 Å². The van der Waals surface area contributed by atoms with E-state index in [0.717, 1.165) is 9.75 Å². The van der Waals surface area contributed by atoms with Crippen LogP contribution in [0.25, 0.3) is 0 Å². The number of benzene rings is 1. The van der Waals surface area contributed by atoms with Crippen LogP contribution in [0.4, 0.5) is 5.69 Å². The molecule has 0 aliphatic heterocycles. The standard InChI is InChI=1S/C17H19NO4S/c1-9(2)22-15-6-5-12(17(20)21)8-14(15)18-16(19)13-7-10(3)23-11(13)4/h5-9H,1-4H3,(H,18,19)(H,20,21). The summed E-state index contributed by atoms with van der Waals surface area (Å²) in [7, 11) is 0. The van der Waals surface area contributed by atoms with Gasteiger partial charge in [-0.25, -0.2) is 4.79 Å². The molecule has 0 saturated heterocycles. The third kappa shape index (κ3) is 4.10. The fraction of sp³-hybridized carbons (Fsp3) is 0.294. The van der Waals surface area contributed by atoms with Gasteiger partial charge < -0.3 is 15.2 Å². The number of hydrogen-bond donors (Lipinski definition) is 2. The first kappa shape index (κ1) is 17.0. The van der Waals surface area contributed by atoms with Gasteiger partial charge in [-0.1, -0.05) is 0 Å². The lowest BCUT2D eigenvalue weighted by Crippen LogP contribution is -2.15. The van der Waals surface area contributed by atoms with Crippen molar-refractivity contribution in [2.75, 3.05) is 5.32 Å². The van der Waals surface area contributed by atoms with Crippen LogP contribution in [0, 0.1) is 13.8 Å². The van der Waals surface area contributed by atoms with E-state index in [9.17, 15) is 9.59 Å². The fourth-order valence-corrected chi connectivity index (χ4v) is 3.08. The fourth-order valence-electron chi connectivity index (χ4n) is 2.16. The van der Waals surface area contributed by atoms with Crippen molar-refractivity contribution in [3.05, 3.63) is 45.1 Å². The Hall–Kier alpha value is -2.34. The number of amides is 1. The number of carbonyl (C=O) groups excluding carboxylic acids is 1. The second kappa shape index (κ2) is 6.83. The molecule has 0 bridgehead atoms. The number of aryl methyl sites for hydroxylation is 2. The largest absolute Gasteiger partial charge is 0.489 e. The molecule has 2 aromatic rings. The third-order valence-corrected chi connectivity index (χ3v) is 4.09. The molecule has 1 aromatic heterocycles. The molecule has 6 heteroatoms. The number of hydrogen-bond acceptors (Lipinski definition) is 4. The highest BCUT2D eigenvalue weighted by Crippen LogP contribution is 2.29. The number of thiophene rings is 1. The van der Waals surface area contributed by atoms with Crippen LogP contribution in [0.5, 0.6) is 5.75 Å². The maximum Gasteiger partial charge on any atom is 0.335 e. The summed E-state index contributed by atoms with van der Waals surface area (Å²) < 4.78 is 5.65. The van der Waals surface area contributed by atoms with E-state index in [1.165, 1.54) is 12.1 Å². The third-order valence-electron chi connectivity index (χ3n) is 3.12. The summed E-state index contributed by atoms with van der Waals surface area (Å²) in [6, 6.07) is 6.24. The lowest BCUT2D eigenvalue weighted by atomic mass is 10.1. The van der Waals surface area contributed by atoms with Crippen molar-refractivity contribution in [1.29, 1.82) is 0 Å². The topological polar surface area (TPSA) is 75.6 Å². The predicted molar refractivity (Wildman–Crippen MR) is 90.9 cm³/mol. The number of anilines is 1. The molecule has 2 rings (SSSR count). The van der Waals surface area contributed by atoms with Gasteiger partial charge in [-0.3, -0.25) is 4.79 Å². The van der Waals surface area contributed by atoms with Crippen molar-refractivity contribution in [1.82, 2.24) is 0 Å². The molecule has 0 aliphatic carbocycles. The van der Waals surface area contributed by atoms with Crippen molar-refractivity contribution >= 4 is 28.9 Å². The average molecular weight is 333 g/mol. The highest BCUT2D eigenvalue weighted by Gasteiger charge is 2.16. The van der Waals surface area contributed by atoms with E-state index in [4.69, 9.17) is 9.84 Å². The molecule has 0 saturated carbocycles. The molecule has 0 spiro atoms. The Morgan fingerprint density at radius 1 is 1.22 bits per heavy atom. The van der Waals surface area contributed by atoms with Gasteiger partial charge >= 0.3 is 5.97 Å². The summed E-state index contributed by atoms with van der Waals surface area (Å²) in [5.41, 5.74) is 1.03. The zero-order valence-corrected chi connectivity index (χ0v) is 14.3. The first-order valence-electron chi connectivity index (χ1n) is 7.20. The Morgan fingerprint density at radius 3 is 2.43 bits per heavy atom. The number of carboxylic acids is 1. The Labute approximate surface area is 138 Å². The molecule has 122 valence electrons. The van der Waals surface area contributed by atoms with Gasteiger partial charge in [0.15, 0.2) is 0 Å². The van der Waals surface area contributed by atoms with Crippen molar-refractivity contribution in [3.63, 3.8) is 0 Å². The summed E-state index contributed by atoms with van der Waals surface area (Å²) in [5.74, 6) is -0.884. The number of carbonyl (C=O) groups is 2. The zero-order valence-electron chi connectivity index (χ0n) is 13.5. The van der Waals surface area contributed by atoms with Gasteiger partial charge in [0.25, 0.3) is 5.91 Å². The van der Waals surface area contributed by atoms with E-state index in [1.807, 2.05) is 33.8 Å². The molecule has 0 unspecified atom stereocenters. The summed E-state index contributed by atoms with van der Waals surface area (Å²) in [6.07, 6.45) is -0.0912. The molecule has 5 nitrogen and oxygen atoms in total. The number of rotatable bonds is 5. The van der Waals surface area contributed by atoms with Crippen molar-refractivity contribution in [2.45, 2.75) is 33.8 Å². The van der Waals surface area contributed by atoms with Gasteiger partial charge in [0.2, 0.25) is 0 Å². The summed E-state index contributed by atoms with van der Waals surface area (Å²) in [6.45, 7) is 7.55. The molecule has 0 atom stereocenters. The second-order valence-corrected chi connectivity index (χ2v) is 6.92. The average Bonchev–Trinajstić information content (AvgIpc) is 2.79. The first-order chi connectivity index (χ1) is 10.8. The highest BCUT2D eigenvalue weighted by molar-refractivity contribution is 7.12. The predicted octanol–water partition coefficient (Wildman–Crippen LogP) is 4.10. The number of aromatic carboxylic acids is 1. The van der Waals surface area contributed by atoms with Crippen molar-refractivity contribution < 1.29 is 19.4 Å². The van der Waals surface area contributed by atoms with E-state index < -0.39 is 5.97 Å². The quantitative estimate of drug-likeness (QED) is 0.863. The van der Waals surface area contributed by atoms with E-state index in [2.05, 4.69) is 5.32 Å². The van der Waals surface area contributed by atoms with Gasteiger partial charge in [-0.05, 0) is 52.0 Å². The molecule has 0 radical (unpaired) electrons. The van der Waals surface area contributed by atoms with Crippen LogP contribution < -0.4 is 10.1 Å². The summed E-state index contributed by atoms with van der Waals surface area (Å²) in [4.78, 5) is 25.6. The molecular weight excluding hydrogens is 314 g/mol. The molecule has 1 heterocycles. The van der Waals surface area contributed by atoms with Gasteiger partial charge in [0.1, 0.15) is 5.75 Å². The number of carboxylic acid groups (broad SMARTS) is 1. The smallest absolute Gasteiger partial charge is 0.335 e. The molecule has 0 aliphatic rings. The van der Waals surface area contributed by atoms with E-state index in [1.54, 1.807) is 17.4 Å². The summed E-state index contributed by atoms with van der Waals surface area (Å²) >= 11 is 1.54. The normalized spacial score (nSPS) is 10.7. The molecule has 1 amide bonds. The van der Waals surface area contributed by atoms with Crippen LogP contribution in [0.3, 0.4) is 0 Å². The van der Waals surface area contributed by atoms with Crippen LogP contribution >= 0.6 is 11.3 Å². The van der Waals surface area contributed by atoms with Crippen LogP contribution in [-0.2, 0) is 0 Å². The van der Waals surface area contributed by atoms with Gasteiger partial charge in [-0.2, -0.15) is 0 Å². The minimum absolute atomic E-state index is 0.0912.